The third kappa shape index (κ3) is 2.75. The fourth-order valence-electron chi connectivity index (χ4n) is 1.48. The Morgan fingerprint density at radius 3 is 2.94 bits per heavy atom. The summed E-state index contributed by atoms with van der Waals surface area (Å²) in [6, 6.07) is 6.78. The molecule has 1 aromatic carbocycles. The Morgan fingerprint density at radius 1 is 1.41 bits per heavy atom. The van der Waals surface area contributed by atoms with Crippen LogP contribution in [0.3, 0.4) is 0 Å². The molecule has 0 radical (unpaired) electrons. The van der Waals surface area contributed by atoms with Crippen molar-refractivity contribution in [3.05, 3.63) is 41.8 Å². The van der Waals surface area contributed by atoms with Crippen LogP contribution in [0.5, 0.6) is 5.75 Å². The number of halogens is 1. The number of hydrogen-bond acceptors (Lipinski definition) is 3. The number of aryl methyl sites for hydroxylation is 1. The van der Waals surface area contributed by atoms with E-state index in [1.807, 2.05) is 0 Å². The molecule has 0 unspecified atom stereocenters. The molecule has 2 rings (SSSR count). The van der Waals surface area contributed by atoms with Crippen LogP contribution in [0.2, 0.25) is 0 Å². The predicted molar refractivity (Wildman–Crippen MR) is 63.3 cm³/mol. The van der Waals surface area contributed by atoms with Crippen molar-refractivity contribution in [3.8, 4) is 5.75 Å². The van der Waals surface area contributed by atoms with Crippen molar-refractivity contribution in [2.45, 2.75) is 13.5 Å². The number of hydrogen-bond donors (Lipinski definition) is 1. The molecule has 4 nitrogen and oxygen atoms in total. The van der Waals surface area contributed by atoms with Gasteiger partial charge in [-0.05, 0) is 24.6 Å². The van der Waals surface area contributed by atoms with Gasteiger partial charge in [0.1, 0.15) is 12.4 Å². The van der Waals surface area contributed by atoms with Crippen LogP contribution in [0.25, 0.3) is 0 Å². The third-order valence-corrected chi connectivity index (χ3v) is 2.40. The van der Waals surface area contributed by atoms with Gasteiger partial charge in [0.05, 0.1) is 6.54 Å². The molecule has 1 heterocycles. The molecule has 2 aromatic rings. The highest BCUT2D eigenvalue weighted by Crippen LogP contribution is 2.19. The smallest absolute Gasteiger partial charge is 0.167 e. The van der Waals surface area contributed by atoms with Crippen LogP contribution >= 0.6 is 0 Å². The minimum Gasteiger partial charge on any atom is -0.489 e. The Labute approximate surface area is 98.8 Å². The number of ether oxygens (including phenoxy) is 1. The van der Waals surface area contributed by atoms with Crippen LogP contribution in [0.4, 0.5) is 10.2 Å². The molecular weight excluding hydrogens is 221 g/mol. The maximum absolute atomic E-state index is 13.6. The first-order chi connectivity index (χ1) is 8.16. The monoisotopic (exact) mass is 235 g/mol. The molecule has 0 saturated carbocycles. The summed E-state index contributed by atoms with van der Waals surface area (Å²) in [4.78, 5) is 0. The molecule has 0 bridgehead atoms. The van der Waals surface area contributed by atoms with Crippen LogP contribution in [0.1, 0.15) is 5.56 Å². The van der Waals surface area contributed by atoms with Gasteiger partial charge in [0, 0.05) is 6.20 Å². The summed E-state index contributed by atoms with van der Waals surface area (Å²) in [5.74, 6) is 0.421. The lowest BCUT2D eigenvalue weighted by Gasteiger charge is -2.08. The zero-order valence-corrected chi connectivity index (χ0v) is 9.56. The van der Waals surface area contributed by atoms with Gasteiger partial charge < -0.3 is 10.5 Å². The topological polar surface area (TPSA) is 53.1 Å². The summed E-state index contributed by atoms with van der Waals surface area (Å²) in [5.41, 5.74) is 6.05. The Hall–Kier alpha value is -2.04. The van der Waals surface area contributed by atoms with Crippen molar-refractivity contribution >= 4 is 5.82 Å². The highest BCUT2D eigenvalue weighted by atomic mass is 19.1. The molecule has 1 aromatic heterocycles. The first-order valence-corrected chi connectivity index (χ1v) is 5.33. The van der Waals surface area contributed by atoms with Crippen molar-refractivity contribution < 1.29 is 9.13 Å². The van der Waals surface area contributed by atoms with E-state index in [2.05, 4.69) is 5.10 Å². The van der Waals surface area contributed by atoms with Gasteiger partial charge in [0.15, 0.2) is 11.6 Å². The van der Waals surface area contributed by atoms with E-state index in [1.165, 1.54) is 0 Å². The van der Waals surface area contributed by atoms with Crippen molar-refractivity contribution in [2.24, 2.45) is 0 Å². The molecule has 2 N–H and O–H groups in total. The van der Waals surface area contributed by atoms with Gasteiger partial charge in [-0.2, -0.15) is 5.10 Å². The maximum atomic E-state index is 13.6. The summed E-state index contributed by atoms with van der Waals surface area (Å²) < 4.78 is 20.6. The number of nitrogens with zero attached hydrogens (tertiary/aromatic N) is 2. The van der Waals surface area contributed by atoms with Gasteiger partial charge in [0.25, 0.3) is 0 Å². The second-order valence-corrected chi connectivity index (χ2v) is 3.74. The number of nitrogens with two attached hydrogens (primary N) is 1. The molecule has 0 aliphatic rings. The highest BCUT2D eigenvalue weighted by Gasteiger charge is 2.05. The minimum absolute atomic E-state index is 0.269. The molecule has 17 heavy (non-hydrogen) atoms. The Balaban J connectivity index is 1.92. The van der Waals surface area contributed by atoms with Crippen LogP contribution in [0, 0.1) is 12.7 Å². The SMILES string of the molecule is Cc1cccc(OCCn2ccc(N)n2)c1F. The average molecular weight is 235 g/mol. The van der Waals surface area contributed by atoms with Gasteiger partial charge in [0.2, 0.25) is 0 Å². The summed E-state index contributed by atoms with van der Waals surface area (Å²) in [5, 5.41) is 4.00. The second kappa shape index (κ2) is 4.86. The molecule has 0 saturated heterocycles. The highest BCUT2D eigenvalue weighted by molar-refractivity contribution is 5.30. The molecular formula is C12H14FN3O. The molecule has 0 fully saturated rings. The Kier molecular flexibility index (Phi) is 3.27. The fraction of sp³-hybridized carbons (Fsp3) is 0.250. The van der Waals surface area contributed by atoms with Crippen LogP contribution in [-0.2, 0) is 6.54 Å². The summed E-state index contributed by atoms with van der Waals surface area (Å²) >= 11 is 0. The van der Waals surface area contributed by atoms with Crippen LogP contribution in [0.15, 0.2) is 30.5 Å². The van der Waals surface area contributed by atoms with Crippen molar-refractivity contribution in [1.29, 1.82) is 0 Å². The summed E-state index contributed by atoms with van der Waals surface area (Å²) in [6.07, 6.45) is 1.76. The average Bonchev–Trinajstić information content (AvgIpc) is 2.70. The van der Waals surface area contributed by atoms with E-state index < -0.39 is 0 Å². The molecule has 90 valence electrons. The molecule has 0 spiro atoms. The zero-order chi connectivity index (χ0) is 12.3. The van der Waals surface area contributed by atoms with E-state index in [0.29, 0.717) is 24.5 Å². The van der Waals surface area contributed by atoms with E-state index in [4.69, 9.17) is 10.5 Å². The Morgan fingerprint density at radius 2 is 2.24 bits per heavy atom. The summed E-state index contributed by atoms with van der Waals surface area (Å²) in [6.45, 7) is 2.59. The summed E-state index contributed by atoms with van der Waals surface area (Å²) in [7, 11) is 0. The lowest BCUT2D eigenvalue weighted by molar-refractivity contribution is 0.278. The predicted octanol–water partition coefficient (Wildman–Crippen LogP) is 1.99. The van der Waals surface area contributed by atoms with Crippen LogP contribution in [-0.4, -0.2) is 16.4 Å². The molecule has 5 heteroatoms. The fourth-order valence-corrected chi connectivity index (χ4v) is 1.48. The molecule has 0 atom stereocenters. The molecule has 0 amide bonds. The third-order valence-electron chi connectivity index (χ3n) is 2.40. The number of nitrogen functional groups attached to an aromatic ring is 1. The zero-order valence-electron chi connectivity index (χ0n) is 9.56. The minimum atomic E-state index is -0.313. The first-order valence-electron chi connectivity index (χ1n) is 5.33. The van der Waals surface area contributed by atoms with E-state index >= 15 is 0 Å². The van der Waals surface area contributed by atoms with Gasteiger partial charge in [-0.15, -0.1) is 0 Å². The quantitative estimate of drug-likeness (QED) is 0.881. The Bertz CT molecular complexity index is 510. The van der Waals surface area contributed by atoms with E-state index in [0.717, 1.165) is 0 Å². The van der Waals surface area contributed by atoms with E-state index in [-0.39, 0.29) is 11.6 Å². The number of benzene rings is 1. The van der Waals surface area contributed by atoms with Gasteiger partial charge >= 0.3 is 0 Å². The van der Waals surface area contributed by atoms with Gasteiger partial charge in [-0.3, -0.25) is 4.68 Å². The number of anilines is 1. The van der Waals surface area contributed by atoms with Crippen LogP contribution < -0.4 is 10.5 Å². The lowest BCUT2D eigenvalue weighted by Crippen LogP contribution is -2.09. The standard InChI is InChI=1S/C12H14FN3O/c1-9-3-2-4-10(12(9)13)17-8-7-16-6-5-11(14)15-16/h2-6H,7-8H2,1H3,(H2,14,15). The van der Waals surface area contributed by atoms with Crippen molar-refractivity contribution in [2.75, 3.05) is 12.3 Å². The molecule has 0 aliphatic carbocycles. The van der Waals surface area contributed by atoms with Gasteiger partial charge in [-0.1, -0.05) is 12.1 Å². The maximum Gasteiger partial charge on any atom is 0.167 e. The number of rotatable bonds is 4. The lowest BCUT2D eigenvalue weighted by atomic mass is 10.2. The van der Waals surface area contributed by atoms with E-state index in [9.17, 15) is 4.39 Å². The second-order valence-electron chi connectivity index (χ2n) is 3.74. The van der Waals surface area contributed by atoms with Crippen molar-refractivity contribution in [3.63, 3.8) is 0 Å². The van der Waals surface area contributed by atoms with E-state index in [1.54, 1.807) is 42.1 Å². The molecule has 0 aliphatic heterocycles. The normalized spacial score (nSPS) is 10.5. The van der Waals surface area contributed by atoms with Gasteiger partial charge in [-0.25, -0.2) is 4.39 Å². The number of aromatic nitrogens is 2. The largest absolute Gasteiger partial charge is 0.489 e. The first kappa shape index (κ1) is 11.4. The van der Waals surface area contributed by atoms with Crippen molar-refractivity contribution in [1.82, 2.24) is 9.78 Å².